The first kappa shape index (κ1) is 8.70. The second-order valence-electron chi connectivity index (χ2n) is 2.22. The first-order chi connectivity index (χ1) is 5.66. The van der Waals surface area contributed by atoms with Crippen LogP contribution in [0.2, 0.25) is 0 Å². The highest BCUT2D eigenvalue weighted by Gasteiger charge is 2.16. The molecule has 0 bridgehead atoms. The summed E-state index contributed by atoms with van der Waals surface area (Å²) >= 11 is 0. The van der Waals surface area contributed by atoms with Gasteiger partial charge in [0.15, 0.2) is 6.29 Å². The molecule has 0 unspecified atom stereocenters. The van der Waals surface area contributed by atoms with Crippen molar-refractivity contribution in [3.63, 3.8) is 0 Å². The Hall–Kier alpha value is -1.40. The number of aldehydes is 1. The molecule has 0 fully saturated rings. The Labute approximate surface area is 69.0 Å². The SMILES string of the molecule is Nc1c(C=O)cncc1B(O)O. The average molecular weight is 166 g/mol. The highest BCUT2D eigenvalue weighted by Crippen LogP contribution is 2.03. The highest BCUT2D eigenvalue weighted by atomic mass is 16.4. The van der Waals surface area contributed by atoms with E-state index in [1.54, 1.807) is 0 Å². The zero-order chi connectivity index (χ0) is 9.14. The van der Waals surface area contributed by atoms with Gasteiger partial charge in [0.05, 0.1) is 5.56 Å². The topological polar surface area (TPSA) is 96.4 Å². The van der Waals surface area contributed by atoms with Crippen LogP contribution >= 0.6 is 0 Å². The van der Waals surface area contributed by atoms with Gasteiger partial charge in [-0.1, -0.05) is 0 Å². The van der Waals surface area contributed by atoms with Crippen LogP contribution in [-0.4, -0.2) is 28.4 Å². The summed E-state index contributed by atoms with van der Waals surface area (Å²) < 4.78 is 0. The van der Waals surface area contributed by atoms with Gasteiger partial charge in [0.25, 0.3) is 0 Å². The van der Waals surface area contributed by atoms with Gasteiger partial charge >= 0.3 is 7.12 Å². The number of nitrogen functional groups attached to an aromatic ring is 1. The van der Waals surface area contributed by atoms with Crippen LogP contribution in [-0.2, 0) is 0 Å². The van der Waals surface area contributed by atoms with Gasteiger partial charge in [-0.15, -0.1) is 0 Å². The van der Waals surface area contributed by atoms with Crippen LogP contribution in [0.25, 0.3) is 0 Å². The zero-order valence-corrected chi connectivity index (χ0v) is 6.14. The molecule has 0 aliphatic heterocycles. The maximum Gasteiger partial charge on any atom is 0.492 e. The lowest BCUT2D eigenvalue weighted by Gasteiger charge is -2.04. The summed E-state index contributed by atoms with van der Waals surface area (Å²) in [7, 11) is -1.70. The number of carbonyl (C=O) groups excluding carboxylic acids is 1. The van der Waals surface area contributed by atoms with E-state index < -0.39 is 7.12 Å². The number of nitrogens with zero attached hydrogens (tertiary/aromatic N) is 1. The van der Waals surface area contributed by atoms with E-state index in [1.165, 1.54) is 12.4 Å². The fourth-order valence-corrected chi connectivity index (χ4v) is 0.803. The molecule has 6 heteroatoms. The summed E-state index contributed by atoms with van der Waals surface area (Å²) in [5, 5.41) is 17.5. The van der Waals surface area contributed by atoms with Crippen molar-refractivity contribution in [2.75, 3.05) is 5.73 Å². The summed E-state index contributed by atoms with van der Waals surface area (Å²) in [6.07, 6.45) is 2.97. The third-order valence-corrected chi connectivity index (χ3v) is 1.45. The maximum absolute atomic E-state index is 10.3. The molecular formula is C6H7BN2O3. The predicted molar refractivity (Wildman–Crippen MR) is 43.9 cm³/mol. The van der Waals surface area contributed by atoms with Crippen LogP contribution in [0.1, 0.15) is 10.4 Å². The van der Waals surface area contributed by atoms with Crippen LogP contribution in [0.5, 0.6) is 0 Å². The zero-order valence-electron chi connectivity index (χ0n) is 6.14. The molecule has 0 aliphatic rings. The van der Waals surface area contributed by atoms with Gasteiger partial charge < -0.3 is 15.8 Å². The molecule has 1 rings (SSSR count). The Morgan fingerprint density at radius 3 is 2.67 bits per heavy atom. The minimum atomic E-state index is -1.70. The van der Waals surface area contributed by atoms with Gasteiger partial charge in [0.1, 0.15) is 0 Å². The van der Waals surface area contributed by atoms with Crippen molar-refractivity contribution in [3.8, 4) is 0 Å². The maximum atomic E-state index is 10.3. The van der Waals surface area contributed by atoms with Crippen molar-refractivity contribution in [1.82, 2.24) is 4.98 Å². The molecule has 0 saturated heterocycles. The van der Waals surface area contributed by atoms with Gasteiger partial charge in [0, 0.05) is 23.5 Å². The second kappa shape index (κ2) is 3.33. The fourth-order valence-electron chi connectivity index (χ4n) is 0.803. The Morgan fingerprint density at radius 2 is 2.17 bits per heavy atom. The van der Waals surface area contributed by atoms with Crippen molar-refractivity contribution in [1.29, 1.82) is 0 Å². The van der Waals surface area contributed by atoms with Crippen LogP contribution in [0.4, 0.5) is 5.69 Å². The molecule has 1 aromatic heterocycles. The summed E-state index contributed by atoms with van der Waals surface area (Å²) in [6, 6.07) is 0. The Kier molecular flexibility index (Phi) is 2.42. The van der Waals surface area contributed by atoms with Crippen molar-refractivity contribution < 1.29 is 14.8 Å². The van der Waals surface area contributed by atoms with E-state index in [-0.39, 0.29) is 16.7 Å². The molecule has 0 radical (unpaired) electrons. The largest absolute Gasteiger partial charge is 0.492 e. The average Bonchev–Trinajstić information content (AvgIpc) is 2.04. The molecular weight excluding hydrogens is 159 g/mol. The van der Waals surface area contributed by atoms with Gasteiger partial charge in [-0.3, -0.25) is 9.78 Å². The standard InChI is InChI=1S/C6H7BN2O3/c8-6-4(3-10)1-9-2-5(6)7(11)12/h1-3,11-12H,(H2,8,9). The summed E-state index contributed by atoms with van der Waals surface area (Å²) in [5.41, 5.74) is 5.65. The number of nitrogens with two attached hydrogens (primary N) is 1. The predicted octanol–water partition coefficient (Wildman–Crippen LogP) is -1.84. The summed E-state index contributed by atoms with van der Waals surface area (Å²) in [6.45, 7) is 0. The van der Waals surface area contributed by atoms with E-state index in [4.69, 9.17) is 15.8 Å². The fraction of sp³-hybridized carbons (Fsp3) is 0. The minimum Gasteiger partial charge on any atom is -0.423 e. The van der Waals surface area contributed by atoms with Crippen molar-refractivity contribution in [3.05, 3.63) is 18.0 Å². The number of aromatic nitrogens is 1. The molecule has 0 aromatic carbocycles. The number of hydrogen-bond donors (Lipinski definition) is 3. The normalized spacial score (nSPS) is 9.50. The second-order valence-corrected chi connectivity index (χ2v) is 2.22. The molecule has 62 valence electrons. The molecule has 12 heavy (non-hydrogen) atoms. The molecule has 0 spiro atoms. The highest BCUT2D eigenvalue weighted by molar-refractivity contribution is 6.60. The molecule has 0 amide bonds. The number of anilines is 1. The van der Waals surface area contributed by atoms with E-state index in [0.29, 0.717) is 6.29 Å². The molecule has 0 atom stereocenters. The number of hydrogen-bond acceptors (Lipinski definition) is 5. The van der Waals surface area contributed by atoms with E-state index >= 15 is 0 Å². The van der Waals surface area contributed by atoms with E-state index in [1.807, 2.05) is 0 Å². The van der Waals surface area contributed by atoms with E-state index in [2.05, 4.69) is 4.98 Å². The van der Waals surface area contributed by atoms with Crippen LogP contribution < -0.4 is 11.2 Å². The van der Waals surface area contributed by atoms with Crippen molar-refractivity contribution >= 4 is 24.6 Å². The Morgan fingerprint density at radius 1 is 1.50 bits per heavy atom. The quantitative estimate of drug-likeness (QED) is 0.354. The van der Waals surface area contributed by atoms with Gasteiger partial charge in [-0.05, 0) is 0 Å². The molecule has 0 aliphatic carbocycles. The Bertz CT molecular complexity index is 303. The third kappa shape index (κ3) is 1.44. The number of rotatable bonds is 2. The van der Waals surface area contributed by atoms with Gasteiger partial charge in [-0.25, -0.2) is 0 Å². The first-order valence-electron chi connectivity index (χ1n) is 3.21. The lowest BCUT2D eigenvalue weighted by molar-refractivity contribution is 0.112. The third-order valence-electron chi connectivity index (χ3n) is 1.45. The Balaban J connectivity index is 3.22. The lowest BCUT2D eigenvalue weighted by Crippen LogP contribution is -2.33. The monoisotopic (exact) mass is 166 g/mol. The minimum absolute atomic E-state index is 0.0413. The smallest absolute Gasteiger partial charge is 0.423 e. The number of pyridine rings is 1. The summed E-state index contributed by atoms with van der Waals surface area (Å²) in [5.74, 6) is 0. The first-order valence-corrected chi connectivity index (χ1v) is 3.21. The van der Waals surface area contributed by atoms with Crippen LogP contribution in [0.3, 0.4) is 0 Å². The van der Waals surface area contributed by atoms with E-state index in [9.17, 15) is 4.79 Å². The van der Waals surface area contributed by atoms with Crippen LogP contribution in [0, 0.1) is 0 Å². The van der Waals surface area contributed by atoms with Gasteiger partial charge in [-0.2, -0.15) is 0 Å². The molecule has 1 heterocycles. The molecule has 0 saturated carbocycles. The number of carbonyl (C=O) groups is 1. The van der Waals surface area contributed by atoms with Crippen molar-refractivity contribution in [2.45, 2.75) is 0 Å². The summed E-state index contributed by atoms with van der Waals surface area (Å²) in [4.78, 5) is 13.9. The molecule has 1 aromatic rings. The lowest BCUT2D eigenvalue weighted by atomic mass is 9.79. The molecule has 5 nitrogen and oxygen atoms in total. The van der Waals surface area contributed by atoms with Gasteiger partial charge in [0.2, 0.25) is 0 Å². The van der Waals surface area contributed by atoms with E-state index in [0.717, 1.165) is 0 Å². The van der Waals surface area contributed by atoms with Crippen molar-refractivity contribution in [2.24, 2.45) is 0 Å². The molecule has 4 N–H and O–H groups in total. The van der Waals surface area contributed by atoms with Crippen LogP contribution in [0.15, 0.2) is 12.4 Å².